The van der Waals surface area contributed by atoms with Gasteiger partial charge >= 0.3 is 5.69 Å². The van der Waals surface area contributed by atoms with E-state index in [1.54, 1.807) is 19.2 Å². The molecule has 3 heterocycles. The van der Waals surface area contributed by atoms with Crippen molar-refractivity contribution in [2.45, 2.75) is 52.4 Å². The van der Waals surface area contributed by atoms with Crippen LogP contribution in [0.1, 0.15) is 63.2 Å². The van der Waals surface area contributed by atoms with Gasteiger partial charge in [-0.25, -0.2) is 14.8 Å². The van der Waals surface area contributed by atoms with Gasteiger partial charge in [0.05, 0.1) is 29.5 Å². The van der Waals surface area contributed by atoms with Crippen molar-refractivity contribution >= 4 is 40.0 Å². The molecule has 0 fully saturated rings. The molecule has 0 radical (unpaired) electrons. The summed E-state index contributed by atoms with van der Waals surface area (Å²) in [5.41, 5.74) is 4.81. The zero-order valence-electron chi connectivity index (χ0n) is 28.3. The first-order valence-corrected chi connectivity index (χ1v) is 15.9. The van der Waals surface area contributed by atoms with Crippen molar-refractivity contribution in [1.29, 1.82) is 0 Å². The van der Waals surface area contributed by atoms with Gasteiger partial charge in [0.1, 0.15) is 22.5 Å². The Hall–Kier alpha value is -5.97. The number of rotatable bonds is 4. The van der Waals surface area contributed by atoms with E-state index >= 15 is 0 Å². The molecule has 5 aromatic rings. The van der Waals surface area contributed by atoms with Gasteiger partial charge in [-0.3, -0.25) is 14.6 Å². The van der Waals surface area contributed by atoms with E-state index in [-0.39, 0.29) is 16.5 Å². The number of nitrogens with zero attached hydrogens (tertiary/aromatic N) is 3. The van der Waals surface area contributed by atoms with Crippen molar-refractivity contribution < 1.29 is 14.3 Å². The molecule has 11 heteroatoms. The third kappa shape index (κ3) is 5.88. The van der Waals surface area contributed by atoms with Crippen molar-refractivity contribution in [3.8, 4) is 17.2 Å². The van der Waals surface area contributed by atoms with Crippen LogP contribution < -0.4 is 41.7 Å². The Morgan fingerprint density at radius 3 is 2.20 bits per heavy atom. The lowest BCUT2D eigenvalue weighted by molar-refractivity contribution is 0.102. The van der Waals surface area contributed by atoms with E-state index in [2.05, 4.69) is 73.9 Å². The van der Waals surface area contributed by atoms with Crippen molar-refractivity contribution in [1.82, 2.24) is 9.97 Å². The molecule has 1 amide bonds. The number of nitrogens with one attached hydrogen (secondary N) is 3. The third-order valence-corrected chi connectivity index (χ3v) is 8.55. The number of aromatic nitrogens is 2. The molecule has 0 bridgehead atoms. The summed E-state index contributed by atoms with van der Waals surface area (Å²) in [6.45, 7) is 13.1. The lowest BCUT2D eigenvalue weighted by Gasteiger charge is -2.31. The van der Waals surface area contributed by atoms with Crippen LogP contribution in [0.25, 0.3) is 0 Å². The molecule has 49 heavy (non-hydrogen) atoms. The lowest BCUT2D eigenvalue weighted by atomic mass is 9.79. The van der Waals surface area contributed by atoms with Crippen LogP contribution >= 0.6 is 0 Å². The smallest absolute Gasteiger partial charge is 0.326 e. The average Bonchev–Trinajstić information content (AvgIpc) is 3.03. The topological polar surface area (TPSA) is 141 Å². The SMILES string of the molecule is COc1ccc2c(c1)N(c1ccc(NC(=O)c3cc(=O)[nH]c(=O)[nH]3)cc1)c1cc3c(cc1=N2)Oc1c(cc(C(C)(C)C)cc1C(C)(C)C)N=3. The van der Waals surface area contributed by atoms with Crippen LogP contribution in [0, 0.1) is 0 Å². The number of anilines is 4. The number of hydrogen-bond donors (Lipinski definition) is 3. The first kappa shape index (κ1) is 31.6. The molecule has 11 nitrogen and oxygen atoms in total. The Bertz CT molecular complexity index is 2390. The summed E-state index contributed by atoms with van der Waals surface area (Å²) in [6.07, 6.45) is 0. The summed E-state index contributed by atoms with van der Waals surface area (Å²) in [5.74, 6) is 1.43. The predicted octanol–water partition coefficient (Wildman–Crippen LogP) is 6.71. The van der Waals surface area contributed by atoms with Gasteiger partial charge in [-0.15, -0.1) is 0 Å². The molecule has 1 aromatic heterocycles. The number of aromatic amines is 2. The third-order valence-electron chi connectivity index (χ3n) is 8.55. The van der Waals surface area contributed by atoms with Gasteiger partial charge in [-0.2, -0.15) is 0 Å². The molecule has 2 aliphatic heterocycles. The number of hydrogen-bond acceptors (Lipinski definition) is 8. The van der Waals surface area contributed by atoms with Crippen LogP contribution in [0.5, 0.6) is 17.2 Å². The second kappa shape index (κ2) is 11.3. The number of methoxy groups -OCH3 is 1. The maximum atomic E-state index is 12.8. The van der Waals surface area contributed by atoms with Gasteiger partial charge < -0.3 is 24.7 Å². The summed E-state index contributed by atoms with van der Waals surface area (Å²) in [4.78, 5) is 52.8. The number of amides is 1. The molecule has 0 saturated carbocycles. The molecule has 7 rings (SSSR count). The summed E-state index contributed by atoms with van der Waals surface area (Å²) in [7, 11) is 1.62. The van der Waals surface area contributed by atoms with Crippen molar-refractivity contribution in [3.63, 3.8) is 0 Å². The maximum Gasteiger partial charge on any atom is 0.326 e. The monoisotopic (exact) mass is 656 g/mol. The van der Waals surface area contributed by atoms with E-state index in [0.29, 0.717) is 27.9 Å². The molecule has 0 aliphatic carbocycles. The average molecular weight is 657 g/mol. The fraction of sp³-hybridized carbons (Fsp3) is 0.237. The van der Waals surface area contributed by atoms with Crippen molar-refractivity contribution in [2.24, 2.45) is 9.98 Å². The highest BCUT2D eigenvalue weighted by Crippen LogP contribution is 2.47. The summed E-state index contributed by atoms with van der Waals surface area (Å²) < 4.78 is 12.2. The highest BCUT2D eigenvalue weighted by molar-refractivity contribution is 6.03. The summed E-state index contributed by atoms with van der Waals surface area (Å²) in [5, 5.41) is 4.11. The van der Waals surface area contributed by atoms with E-state index in [1.807, 2.05) is 42.5 Å². The quantitative estimate of drug-likeness (QED) is 0.192. The first-order valence-electron chi connectivity index (χ1n) is 15.9. The molecule has 0 spiro atoms. The molecule has 248 valence electrons. The van der Waals surface area contributed by atoms with Gasteiger partial charge in [0.25, 0.3) is 11.5 Å². The van der Waals surface area contributed by atoms with Gasteiger partial charge in [0.2, 0.25) is 0 Å². The number of carbonyl (C=O) groups excluding carboxylic acids is 1. The van der Waals surface area contributed by atoms with Crippen LogP contribution in [0.4, 0.5) is 34.1 Å². The van der Waals surface area contributed by atoms with E-state index in [4.69, 9.17) is 19.5 Å². The van der Waals surface area contributed by atoms with Crippen molar-refractivity contribution in [2.75, 3.05) is 17.3 Å². The largest absolute Gasteiger partial charge is 0.497 e. The highest BCUT2D eigenvalue weighted by Gasteiger charge is 2.30. The number of fused-ring (bicyclic) bond motifs is 4. The second-order valence-corrected chi connectivity index (χ2v) is 14.2. The summed E-state index contributed by atoms with van der Waals surface area (Å²) >= 11 is 0. The molecule has 3 N–H and O–H groups in total. The van der Waals surface area contributed by atoms with Crippen LogP contribution in [0.2, 0.25) is 0 Å². The Morgan fingerprint density at radius 2 is 1.53 bits per heavy atom. The van der Waals surface area contributed by atoms with Gasteiger partial charge in [-0.1, -0.05) is 47.6 Å². The minimum absolute atomic E-state index is 0.0827. The highest BCUT2D eigenvalue weighted by atomic mass is 16.5. The van der Waals surface area contributed by atoms with Gasteiger partial charge in [0, 0.05) is 35.1 Å². The molecule has 0 saturated heterocycles. The Morgan fingerprint density at radius 1 is 0.796 bits per heavy atom. The van der Waals surface area contributed by atoms with Crippen LogP contribution in [-0.2, 0) is 10.8 Å². The molecular formula is C38H36N6O5. The number of ether oxygens (including phenoxy) is 2. The zero-order valence-corrected chi connectivity index (χ0v) is 28.3. The van der Waals surface area contributed by atoms with E-state index < -0.39 is 17.2 Å². The van der Waals surface area contributed by atoms with E-state index in [0.717, 1.165) is 45.8 Å². The first-order chi connectivity index (χ1) is 23.2. The lowest BCUT2D eigenvalue weighted by Crippen LogP contribution is -2.27. The fourth-order valence-corrected chi connectivity index (χ4v) is 5.94. The maximum absolute atomic E-state index is 12.8. The number of carbonyl (C=O) groups is 1. The number of H-pyrrole nitrogens is 2. The van der Waals surface area contributed by atoms with E-state index in [1.165, 1.54) is 5.56 Å². The Labute approximate surface area is 282 Å². The molecular weight excluding hydrogens is 620 g/mol. The fourth-order valence-electron chi connectivity index (χ4n) is 5.94. The van der Waals surface area contributed by atoms with Gasteiger partial charge in [-0.05, 0) is 64.9 Å². The van der Waals surface area contributed by atoms with Crippen LogP contribution in [-0.4, -0.2) is 23.0 Å². The summed E-state index contributed by atoms with van der Waals surface area (Å²) in [6, 6.07) is 22.2. The molecule has 0 atom stereocenters. The number of benzene rings is 4. The molecule has 4 aromatic carbocycles. The minimum Gasteiger partial charge on any atom is -0.497 e. The van der Waals surface area contributed by atoms with Crippen molar-refractivity contribution in [3.05, 3.63) is 121 Å². The van der Waals surface area contributed by atoms with E-state index in [9.17, 15) is 14.4 Å². The molecule has 2 aliphatic rings. The minimum atomic E-state index is -0.761. The zero-order chi connectivity index (χ0) is 34.8. The van der Waals surface area contributed by atoms with Gasteiger partial charge in [0.15, 0.2) is 11.5 Å². The predicted molar refractivity (Wildman–Crippen MR) is 189 cm³/mol. The second-order valence-electron chi connectivity index (χ2n) is 14.2. The Kier molecular flexibility index (Phi) is 7.31. The normalized spacial score (nSPS) is 13.1. The van der Waals surface area contributed by atoms with Crippen LogP contribution in [0.3, 0.4) is 0 Å². The van der Waals surface area contributed by atoms with Crippen LogP contribution in [0.15, 0.2) is 92.4 Å². The molecule has 0 unspecified atom stereocenters. The Balaban J connectivity index is 1.34. The standard InChI is InChI=1S/C38H36N6O5/c1-37(2,3)20-14-24(38(4,5)6)34-28(15-20)41-27-17-31-26(18-32(27)49-34)40-25-13-12-23(48-7)16-30(25)44(31)22-10-8-21(9-11-22)39-35(46)29-19-33(45)43-36(47)42-29/h8-19H,1-7H3,(H,39,46)(H2,42,43,45,47).